The van der Waals surface area contributed by atoms with Gasteiger partial charge in [-0.3, -0.25) is 4.79 Å². The molecule has 27 heavy (non-hydrogen) atoms. The first-order valence-corrected chi connectivity index (χ1v) is 10.1. The summed E-state index contributed by atoms with van der Waals surface area (Å²) in [5.41, 5.74) is 4.68. The average Bonchev–Trinajstić information content (AvgIpc) is 2.60. The van der Waals surface area contributed by atoms with E-state index in [9.17, 15) is 9.90 Å². The van der Waals surface area contributed by atoms with E-state index in [2.05, 4.69) is 45.9 Å². The summed E-state index contributed by atoms with van der Waals surface area (Å²) in [7, 11) is 1.52. The molecule has 0 fully saturated rings. The molecule has 0 saturated heterocycles. The molecule has 0 amide bonds. The molecule has 0 aliphatic heterocycles. The van der Waals surface area contributed by atoms with Crippen molar-refractivity contribution in [3.8, 4) is 0 Å². The molecule has 0 radical (unpaired) electrons. The van der Waals surface area contributed by atoms with Crippen LogP contribution < -0.4 is 0 Å². The van der Waals surface area contributed by atoms with Gasteiger partial charge in [0.15, 0.2) is 5.78 Å². The van der Waals surface area contributed by atoms with Gasteiger partial charge in [-0.25, -0.2) is 0 Å². The molecule has 3 nitrogen and oxygen atoms in total. The average molecular weight is 375 g/mol. The van der Waals surface area contributed by atoms with Crippen molar-refractivity contribution in [1.29, 1.82) is 0 Å². The maximum Gasteiger partial charge on any atom is 0.165 e. The maximum absolute atomic E-state index is 12.4. The Kier molecular flexibility index (Phi) is 9.79. The SMILES string of the molecule is COC1=C(C)C(=O)[C@H](C)[C@@H](C/C=C(\C)CC/C=C(\C)CCC=C(C)C)[C@H]1O. The summed E-state index contributed by atoms with van der Waals surface area (Å²) in [5.74, 6) is 0.222. The van der Waals surface area contributed by atoms with E-state index in [1.54, 1.807) is 6.92 Å². The van der Waals surface area contributed by atoms with Crippen LogP contribution in [0.25, 0.3) is 0 Å². The normalized spacial score (nSPS) is 24.3. The number of ketones is 1. The Morgan fingerprint density at radius 2 is 1.59 bits per heavy atom. The Morgan fingerprint density at radius 3 is 2.15 bits per heavy atom. The molecule has 0 bridgehead atoms. The van der Waals surface area contributed by atoms with Crippen LogP contribution in [0.1, 0.15) is 73.6 Å². The van der Waals surface area contributed by atoms with Gasteiger partial charge in [0.05, 0.1) is 7.11 Å². The third kappa shape index (κ3) is 7.14. The highest BCUT2D eigenvalue weighted by Crippen LogP contribution is 2.35. The molecule has 0 unspecified atom stereocenters. The molecule has 0 saturated carbocycles. The number of aliphatic hydroxyl groups is 1. The topological polar surface area (TPSA) is 46.5 Å². The summed E-state index contributed by atoms with van der Waals surface area (Å²) in [6.45, 7) is 12.3. The molecule has 152 valence electrons. The number of allylic oxidation sites excluding steroid dienone is 7. The number of carbonyl (C=O) groups excluding carboxylic acids is 1. The summed E-state index contributed by atoms with van der Waals surface area (Å²) in [5, 5.41) is 10.6. The first-order valence-electron chi connectivity index (χ1n) is 10.1. The molecule has 0 aromatic heterocycles. The van der Waals surface area contributed by atoms with Crippen molar-refractivity contribution in [2.24, 2.45) is 11.8 Å². The van der Waals surface area contributed by atoms with Crippen molar-refractivity contribution in [2.45, 2.75) is 79.8 Å². The Hall–Kier alpha value is -1.61. The van der Waals surface area contributed by atoms with Gasteiger partial charge in [0.25, 0.3) is 0 Å². The van der Waals surface area contributed by atoms with Crippen molar-refractivity contribution < 1.29 is 14.6 Å². The predicted molar refractivity (Wildman–Crippen MR) is 113 cm³/mol. The van der Waals surface area contributed by atoms with Gasteiger partial charge in [0.1, 0.15) is 11.9 Å². The predicted octanol–water partition coefficient (Wildman–Crippen LogP) is 5.91. The molecular formula is C24H38O3. The number of carbonyl (C=O) groups is 1. The Balaban J connectivity index is 2.59. The summed E-state index contributed by atoms with van der Waals surface area (Å²) >= 11 is 0. The van der Waals surface area contributed by atoms with Crippen molar-refractivity contribution in [2.75, 3.05) is 7.11 Å². The minimum Gasteiger partial charge on any atom is -0.498 e. The van der Waals surface area contributed by atoms with E-state index in [1.807, 2.05) is 6.92 Å². The van der Waals surface area contributed by atoms with Crippen LogP contribution in [-0.4, -0.2) is 24.1 Å². The second-order valence-electron chi connectivity index (χ2n) is 8.15. The number of hydrogen-bond donors (Lipinski definition) is 1. The zero-order valence-electron chi connectivity index (χ0n) is 18.3. The summed E-state index contributed by atoms with van der Waals surface area (Å²) < 4.78 is 5.29. The van der Waals surface area contributed by atoms with E-state index in [0.29, 0.717) is 17.8 Å². The standard InChI is InChI=1S/C24H38O3/c1-16(2)10-8-11-17(3)12-9-13-18(4)14-15-21-19(5)22(25)20(6)24(27-7)23(21)26/h10,12,14,19,21,23,26H,8-9,11,13,15H2,1-7H3/b17-12+,18-14+/t19-,21-,23-/m1/s1. The molecule has 0 heterocycles. The Bertz CT molecular complexity index is 630. The van der Waals surface area contributed by atoms with E-state index >= 15 is 0 Å². The van der Waals surface area contributed by atoms with Gasteiger partial charge in [0.2, 0.25) is 0 Å². The van der Waals surface area contributed by atoms with Gasteiger partial charge in [-0.15, -0.1) is 0 Å². The van der Waals surface area contributed by atoms with Crippen LogP contribution in [0.2, 0.25) is 0 Å². The molecule has 0 aromatic carbocycles. The number of aliphatic hydroxyl groups excluding tert-OH is 1. The highest BCUT2D eigenvalue weighted by molar-refractivity contribution is 5.98. The summed E-state index contributed by atoms with van der Waals surface area (Å²) in [4.78, 5) is 12.4. The largest absolute Gasteiger partial charge is 0.498 e. The van der Waals surface area contributed by atoms with Gasteiger partial charge >= 0.3 is 0 Å². The van der Waals surface area contributed by atoms with Crippen LogP contribution in [0.3, 0.4) is 0 Å². The Morgan fingerprint density at radius 1 is 1.04 bits per heavy atom. The van der Waals surface area contributed by atoms with Gasteiger partial charge in [-0.1, -0.05) is 41.9 Å². The van der Waals surface area contributed by atoms with E-state index in [1.165, 1.54) is 23.8 Å². The smallest absolute Gasteiger partial charge is 0.165 e. The third-order valence-corrected chi connectivity index (χ3v) is 5.55. The lowest BCUT2D eigenvalue weighted by Crippen LogP contribution is -2.39. The van der Waals surface area contributed by atoms with Gasteiger partial charge in [0, 0.05) is 17.4 Å². The van der Waals surface area contributed by atoms with Crippen LogP contribution in [-0.2, 0) is 9.53 Å². The van der Waals surface area contributed by atoms with E-state index < -0.39 is 6.10 Å². The number of ether oxygens (including phenoxy) is 1. The minimum atomic E-state index is -0.705. The minimum absolute atomic E-state index is 0.0862. The first kappa shape index (κ1) is 23.4. The van der Waals surface area contributed by atoms with Crippen LogP contribution in [0.15, 0.2) is 46.3 Å². The van der Waals surface area contributed by atoms with Crippen LogP contribution in [0, 0.1) is 11.8 Å². The van der Waals surface area contributed by atoms with E-state index in [4.69, 9.17) is 4.74 Å². The summed E-state index contributed by atoms with van der Waals surface area (Å²) in [6, 6.07) is 0. The highest BCUT2D eigenvalue weighted by atomic mass is 16.5. The van der Waals surface area contributed by atoms with Gasteiger partial charge < -0.3 is 9.84 Å². The van der Waals surface area contributed by atoms with Gasteiger partial charge in [-0.05, 0) is 66.7 Å². The lowest BCUT2D eigenvalue weighted by atomic mass is 9.75. The first-order chi connectivity index (χ1) is 12.7. The zero-order chi connectivity index (χ0) is 20.6. The van der Waals surface area contributed by atoms with Crippen molar-refractivity contribution in [3.05, 3.63) is 46.3 Å². The molecule has 1 rings (SSSR count). The number of methoxy groups -OCH3 is 1. The molecule has 3 heteroatoms. The second kappa shape index (κ2) is 11.3. The molecule has 1 N–H and O–H groups in total. The molecular weight excluding hydrogens is 336 g/mol. The molecule has 0 aromatic rings. The molecule has 0 spiro atoms. The van der Waals surface area contributed by atoms with Gasteiger partial charge in [-0.2, -0.15) is 0 Å². The number of rotatable bonds is 9. The third-order valence-electron chi connectivity index (χ3n) is 5.55. The fraction of sp³-hybridized carbons (Fsp3) is 0.625. The van der Waals surface area contributed by atoms with E-state index in [-0.39, 0.29) is 17.6 Å². The van der Waals surface area contributed by atoms with Crippen molar-refractivity contribution in [3.63, 3.8) is 0 Å². The fourth-order valence-electron chi connectivity index (χ4n) is 3.63. The van der Waals surface area contributed by atoms with Crippen LogP contribution in [0.4, 0.5) is 0 Å². The van der Waals surface area contributed by atoms with Crippen LogP contribution >= 0.6 is 0 Å². The van der Waals surface area contributed by atoms with Crippen molar-refractivity contribution in [1.82, 2.24) is 0 Å². The lowest BCUT2D eigenvalue weighted by molar-refractivity contribution is -0.124. The molecule has 3 atom stereocenters. The fourth-order valence-corrected chi connectivity index (χ4v) is 3.63. The molecule has 1 aliphatic rings. The Labute approximate surface area is 165 Å². The zero-order valence-corrected chi connectivity index (χ0v) is 18.3. The molecule has 1 aliphatic carbocycles. The number of hydrogen-bond acceptors (Lipinski definition) is 3. The van der Waals surface area contributed by atoms with E-state index in [0.717, 1.165) is 25.7 Å². The second-order valence-corrected chi connectivity index (χ2v) is 8.15. The van der Waals surface area contributed by atoms with Crippen LogP contribution in [0.5, 0.6) is 0 Å². The lowest BCUT2D eigenvalue weighted by Gasteiger charge is -2.33. The van der Waals surface area contributed by atoms with Crippen molar-refractivity contribution >= 4 is 5.78 Å². The maximum atomic E-state index is 12.4. The number of Topliss-reactive ketones (excluding diaryl/α,β-unsaturated/α-hetero) is 1. The quantitative estimate of drug-likeness (QED) is 0.510. The highest BCUT2D eigenvalue weighted by Gasteiger charge is 2.39. The summed E-state index contributed by atoms with van der Waals surface area (Å²) in [6.07, 6.45) is 11.1. The monoisotopic (exact) mass is 374 g/mol.